The Kier molecular flexibility index (Phi) is 1.94. The van der Waals surface area contributed by atoms with Crippen molar-refractivity contribution in [3.05, 3.63) is 47.9 Å². The van der Waals surface area contributed by atoms with E-state index in [0.29, 0.717) is 6.54 Å². The van der Waals surface area contributed by atoms with Crippen molar-refractivity contribution in [1.29, 1.82) is 0 Å². The van der Waals surface area contributed by atoms with Gasteiger partial charge < -0.3 is 10.1 Å². The lowest BCUT2D eigenvalue weighted by molar-refractivity contribution is 1.02. The van der Waals surface area contributed by atoms with Crippen LogP contribution in [0.3, 0.4) is 0 Å². The van der Waals surface area contributed by atoms with Gasteiger partial charge in [0.05, 0.1) is 5.69 Å². The molecule has 2 N–H and O–H groups in total. The highest BCUT2D eigenvalue weighted by atomic mass is 15.0. The Bertz CT molecular complexity index is 667. The first-order valence-corrected chi connectivity index (χ1v) is 5.35. The zero-order valence-electron chi connectivity index (χ0n) is 9.14. The summed E-state index contributed by atoms with van der Waals surface area (Å²) in [6.45, 7) is 2.57. The molecule has 0 saturated heterocycles. The Morgan fingerprint density at radius 2 is 2.19 bits per heavy atom. The van der Waals surface area contributed by atoms with Gasteiger partial charge in [0.15, 0.2) is 0 Å². The number of aromatic nitrogens is 2. The second-order valence-corrected chi connectivity index (χ2v) is 4.07. The van der Waals surface area contributed by atoms with Crippen LogP contribution in [0.4, 0.5) is 0 Å². The van der Waals surface area contributed by atoms with Gasteiger partial charge in [-0.3, -0.25) is 0 Å². The second kappa shape index (κ2) is 3.32. The van der Waals surface area contributed by atoms with Crippen LogP contribution in [-0.4, -0.2) is 9.38 Å². The lowest BCUT2D eigenvalue weighted by Crippen LogP contribution is -1.95. The summed E-state index contributed by atoms with van der Waals surface area (Å²) in [5, 5.41) is 2.40. The highest BCUT2D eigenvalue weighted by Crippen LogP contribution is 2.20. The van der Waals surface area contributed by atoms with Gasteiger partial charge in [-0.15, -0.1) is 0 Å². The minimum Gasteiger partial charge on any atom is -0.325 e. The van der Waals surface area contributed by atoms with Crippen LogP contribution in [-0.2, 0) is 6.54 Å². The van der Waals surface area contributed by atoms with Crippen molar-refractivity contribution < 1.29 is 0 Å². The Hall–Kier alpha value is -1.87. The Balaban J connectivity index is 2.46. The van der Waals surface area contributed by atoms with Gasteiger partial charge in [0.25, 0.3) is 0 Å². The molecule has 0 atom stereocenters. The summed E-state index contributed by atoms with van der Waals surface area (Å²) in [4.78, 5) is 4.54. The number of pyridine rings is 1. The van der Waals surface area contributed by atoms with Gasteiger partial charge in [0, 0.05) is 24.3 Å². The maximum absolute atomic E-state index is 5.61. The maximum Gasteiger partial charge on any atom is 0.144 e. The van der Waals surface area contributed by atoms with Crippen LogP contribution in [0.5, 0.6) is 0 Å². The van der Waals surface area contributed by atoms with Crippen molar-refractivity contribution in [2.75, 3.05) is 0 Å². The van der Waals surface area contributed by atoms with Gasteiger partial charge in [0.2, 0.25) is 0 Å². The van der Waals surface area contributed by atoms with E-state index in [4.69, 9.17) is 5.73 Å². The zero-order valence-corrected chi connectivity index (χ0v) is 9.14. The third-order valence-electron chi connectivity index (χ3n) is 2.86. The van der Waals surface area contributed by atoms with Crippen LogP contribution < -0.4 is 5.73 Å². The zero-order chi connectivity index (χ0) is 11.1. The molecular weight excluding hydrogens is 198 g/mol. The van der Waals surface area contributed by atoms with Gasteiger partial charge >= 0.3 is 0 Å². The number of hydrogen-bond donors (Lipinski definition) is 1. The molecule has 0 unspecified atom stereocenters. The third-order valence-corrected chi connectivity index (χ3v) is 2.86. The summed E-state index contributed by atoms with van der Waals surface area (Å²) in [6.07, 6.45) is 4.01. The SMILES string of the molecule is Cc1ccc2ccn3cc(CN)nc3c2c1. The molecule has 16 heavy (non-hydrogen) atoms. The Morgan fingerprint density at radius 3 is 3.00 bits per heavy atom. The summed E-state index contributed by atoms with van der Waals surface area (Å²) in [5.41, 5.74) is 8.77. The van der Waals surface area contributed by atoms with Crippen molar-refractivity contribution >= 4 is 16.4 Å². The molecule has 0 saturated carbocycles. The van der Waals surface area contributed by atoms with E-state index < -0.39 is 0 Å². The van der Waals surface area contributed by atoms with E-state index in [1.807, 2.05) is 16.8 Å². The molecule has 3 heteroatoms. The van der Waals surface area contributed by atoms with Crippen LogP contribution in [0, 0.1) is 6.92 Å². The molecule has 3 nitrogen and oxygen atoms in total. The molecular formula is C13H13N3. The van der Waals surface area contributed by atoms with Crippen molar-refractivity contribution in [3.8, 4) is 0 Å². The van der Waals surface area contributed by atoms with E-state index >= 15 is 0 Å². The van der Waals surface area contributed by atoms with Gasteiger partial charge in [-0.25, -0.2) is 4.98 Å². The second-order valence-electron chi connectivity index (χ2n) is 4.07. The fourth-order valence-electron chi connectivity index (χ4n) is 2.03. The predicted molar refractivity (Wildman–Crippen MR) is 65.3 cm³/mol. The lowest BCUT2D eigenvalue weighted by atomic mass is 10.1. The number of hydrogen-bond acceptors (Lipinski definition) is 2. The molecule has 0 fully saturated rings. The van der Waals surface area contributed by atoms with E-state index in [-0.39, 0.29) is 0 Å². The van der Waals surface area contributed by atoms with Crippen LogP contribution in [0.1, 0.15) is 11.3 Å². The molecule has 3 aromatic rings. The molecule has 80 valence electrons. The number of nitrogens with zero attached hydrogens (tertiary/aromatic N) is 2. The van der Waals surface area contributed by atoms with Crippen LogP contribution >= 0.6 is 0 Å². The molecule has 0 spiro atoms. The number of imidazole rings is 1. The number of nitrogens with two attached hydrogens (primary N) is 1. The number of fused-ring (bicyclic) bond motifs is 3. The third kappa shape index (κ3) is 1.29. The van der Waals surface area contributed by atoms with Crippen LogP contribution in [0.15, 0.2) is 36.7 Å². The molecule has 2 heterocycles. The van der Waals surface area contributed by atoms with Crippen LogP contribution in [0.25, 0.3) is 16.4 Å². The Labute approximate surface area is 93.5 Å². The van der Waals surface area contributed by atoms with E-state index in [0.717, 1.165) is 11.3 Å². The molecule has 2 aromatic heterocycles. The van der Waals surface area contributed by atoms with Crippen molar-refractivity contribution in [2.45, 2.75) is 13.5 Å². The van der Waals surface area contributed by atoms with E-state index in [1.54, 1.807) is 0 Å². The smallest absolute Gasteiger partial charge is 0.144 e. The summed E-state index contributed by atoms with van der Waals surface area (Å²) in [6, 6.07) is 8.51. The lowest BCUT2D eigenvalue weighted by Gasteiger charge is -2.01. The van der Waals surface area contributed by atoms with Crippen molar-refractivity contribution in [3.63, 3.8) is 0 Å². The number of rotatable bonds is 1. The minimum absolute atomic E-state index is 0.481. The predicted octanol–water partition coefficient (Wildman–Crippen LogP) is 2.25. The standard InChI is InChI=1S/C13H13N3/c1-9-2-3-10-4-5-16-8-11(7-14)15-13(16)12(10)6-9/h2-6,8H,7,14H2,1H3. The summed E-state index contributed by atoms with van der Waals surface area (Å²) in [7, 11) is 0. The highest BCUT2D eigenvalue weighted by molar-refractivity contribution is 5.94. The van der Waals surface area contributed by atoms with E-state index in [9.17, 15) is 0 Å². The average molecular weight is 211 g/mol. The van der Waals surface area contributed by atoms with E-state index in [2.05, 4.69) is 36.2 Å². The molecule has 0 amide bonds. The summed E-state index contributed by atoms with van der Waals surface area (Å²) in [5.74, 6) is 0. The molecule has 0 aliphatic heterocycles. The molecule has 0 aliphatic carbocycles. The van der Waals surface area contributed by atoms with Gasteiger partial charge in [-0.05, 0) is 24.4 Å². The Morgan fingerprint density at radius 1 is 1.31 bits per heavy atom. The van der Waals surface area contributed by atoms with Crippen molar-refractivity contribution in [1.82, 2.24) is 9.38 Å². The molecule has 1 aromatic carbocycles. The highest BCUT2D eigenvalue weighted by Gasteiger charge is 2.04. The molecule has 0 bridgehead atoms. The quantitative estimate of drug-likeness (QED) is 0.671. The maximum atomic E-state index is 5.61. The van der Waals surface area contributed by atoms with Gasteiger partial charge in [0.1, 0.15) is 5.65 Å². The first kappa shape index (κ1) is 9.36. The minimum atomic E-state index is 0.481. The first-order chi connectivity index (χ1) is 7.78. The molecule has 3 rings (SSSR count). The number of benzene rings is 1. The monoisotopic (exact) mass is 211 g/mol. The topological polar surface area (TPSA) is 43.3 Å². The average Bonchev–Trinajstić information content (AvgIpc) is 2.72. The normalized spacial score (nSPS) is 11.4. The number of aryl methyl sites for hydroxylation is 1. The summed E-state index contributed by atoms with van der Waals surface area (Å²) >= 11 is 0. The van der Waals surface area contributed by atoms with Gasteiger partial charge in [-0.1, -0.05) is 17.7 Å². The fourth-order valence-corrected chi connectivity index (χ4v) is 2.03. The van der Waals surface area contributed by atoms with E-state index in [1.165, 1.54) is 16.3 Å². The largest absolute Gasteiger partial charge is 0.325 e. The fraction of sp³-hybridized carbons (Fsp3) is 0.154. The van der Waals surface area contributed by atoms with Crippen LogP contribution in [0.2, 0.25) is 0 Å². The summed E-state index contributed by atoms with van der Waals surface area (Å²) < 4.78 is 2.03. The molecule has 0 radical (unpaired) electrons. The van der Waals surface area contributed by atoms with Gasteiger partial charge in [-0.2, -0.15) is 0 Å². The van der Waals surface area contributed by atoms with Crippen molar-refractivity contribution in [2.24, 2.45) is 5.73 Å². The molecule has 0 aliphatic rings. The first-order valence-electron chi connectivity index (χ1n) is 5.35.